The Balaban J connectivity index is 0.000000371. The molecule has 362 valence electrons. The lowest BCUT2D eigenvalue weighted by atomic mass is 10.1. The van der Waals surface area contributed by atoms with Crippen LogP contribution in [-0.2, 0) is 71.6 Å². The minimum atomic E-state index is -4.22. The first-order valence-electron chi connectivity index (χ1n) is 19.9. The van der Waals surface area contributed by atoms with Gasteiger partial charge in [0.1, 0.15) is 28.9 Å². The molecule has 5 rings (SSSR count). The van der Waals surface area contributed by atoms with E-state index in [4.69, 9.17) is 14.0 Å². The Hall–Kier alpha value is -5.87. The van der Waals surface area contributed by atoms with Gasteiger partial charge >= 0.3 is 0 Å². The molecule has 0 amide bonds. The largest absolute Gasteiger partial charge is 0.496 e. The molecule has 0 radical (unpaired) electrons. The van der Waals surface area contributed by atoms with Crippen LogP contribution in [-0.4, -0.2) is 106 Å². The van der Waals surface area contributed by atoms with Gasteiger partial charge in [0.25, 0.3) is 40.5 Å². The SMILES string of the molecule is CCc1nc(Cc2ccc(N=Nc3cccc(CS(=O)(=O)O)c3)cc2OCCCS(=O)(=O)OC)nc(NCCS(=O)(=O)OC)n1.COc1cc(N=Nc2cccc(S(=O)(=O)OC)c2)ccc1C. The number of nitrogens with zero attached hydrogens (tertiary/aromatic N) is 7. The minimum Gasteiger partial charge on any atom is -0.496 e. The van der Waals surface area contributed by atoms with Gasteiger partial charge in [-0.1, -0.05) is 37.3 Å². The number of ether oxygens (including phenoxy) is 2. The maximum atomic E-state index is 11.7. The molecule has 0 fully saturated rings. The molecule has 5 aromatic rings. The van der Waals surface area contributed by atoms with Crippen molar-refractivity contribution in [2.75, 3.05) is 58.4 Å². The van der Waals surface area contributed by atoms with Crippen molar-refractivity contribution < 1.29 is 60.2 Å². The summed E-state index contributed by atoms with van der Waals surface area (Å²) in [4.78, 5) is 13.2. The Morgan fingerprint density at radius 1 is 0.642 bits per heavy atom. The zero-order valence-electron chi connectivity index (χ0n) is 37.3. The van der Waals surface area contributed by atoms with Crippen molar-refractivity contribution in [1.29, 1.82) is 0 Å². The van der Waals surface area contributed by atoms with Crippen molar-refractivity contribution in [3.05, 3.63) is 113 Å². The first-order valence-corrected chi connectivity index (χ1v) is 26.1. The lowest BCUT2D eigenvalue weighted by Crippen LogP contribution is -2.19. The van der Waals surface area contributed by atoms with Gasteiger partial charge in [-0.05, 0) is 66.9 Å². The second-order valence-corrected chi connectivity index (χ2v) is 20.7. The first kappa shape index (κ1) is 53.7. The molecule has 0 unspecified atom stereocenters. The second kappa shape index (κ2) is 24.8. The first-order chi connectivity index (χ1) is 31.7. The number of benzene rings is 4. The molecule has 4 aromatic carbocycles. The molecular weight excluding hydrogens is 957 g/mol. The third-order valence-electron chi connectivity index (χ3n) is 8.92. The van der Waals surface area contributed by atoms with Crippen molar-refractivity contribution >= 4 is 69.2 Å². The van der Waals surface area contributed by atoms with Gasteiger partial charge in [0.15, 0.2) is 0 Å². The molecule has 67 heavy (non-hydrogen) atoms. The Bertz CT molecular complexity index is 2990. The summed E-state index contributed by atoms with van der Waals surface area (Å²) in [5, 5.41) is 19.4. The van der Waals surface area contributed by atoms with E-state index in [2.05, 4.69) is 53.3 Å². The summed E-state index contributed by atoms with van der Waals surface area (Å²) in [6.07, 6.45) is 0.816. The van der Waals surface area contributed by atoms with Crippen LogP contribution in [0.3, 0.4) is 0 Å². The number of aryl methyl sites for hydroxylation is 2. The lowest BCUT2D eigenvalue weighted by Gasteiger charge is -2.13. The number of aromatic nitrogens is 3. The number of nitrogens with one attached hydrogen (secondary N) is 1. The van der Waals surface area contributed by atoms with Gasteiger partial charge in [-0.25, -0.2) is 4.98 Å². The summed E-state index contributed by atoms with van der Waals surface area (Å²) in [6.45, 7) is 3.84. The molecule has 0 bridgehead atoms. The number of anilines is 1. The van der Waals surface area contributed by atoms with Crippen LogP contribution in [0.4, 0.5) is 28.7 Å². The molecule has 22 nitrogen and oxygen atoms in total. The third-order valence-corrected chi connectivity index (χ3v) is 13.4. The summed E-state index contributed by atoms with van der Waals surface area (Å²) in [5.41, 5.74) is 3.72. The van der Waals surface area contributed by atoms with E-state index in [1.807, 2.05) is 19.9 Å². The average molecular weight is 1010 g/mol. The zero-order valence-corrected chi connectivity index (χ0v) is 40.5. The fraction of sp³-hybridized carbons (Fsp3) is 0.341. The van der Waals surface area contributed by atoms with E-state index in [0.717, 1.165) is 26.9 Å². The van der Waals surface area contributed by atoms with Gasteiger partial charge in [0, 0.05) is 37.1 Å². The minimum absolute atomic E-state index is 0.0138. The Morgan fingerprint density at radius 3 is 1.84 bits per heavy atom. The van der Waals surface area contributed by atoms with E-state index >= 15 is 0 Å². The van der Waals surface area contributed by atoms with Gasteiger partial charge in [-0.3, -0.25) is 17.1 Å². The van der Waals surface area contributed by atoms with Crippen LogP contribution in [0, 0.1) is 6.92 Å². The maximum Gasteiger partial charge on any atom is 0.296 e. The van der Waals surface area contributed by atoms with E-state index < -0.39 is 46.2 Å². The second-order valence-electron chi connectivity index (χ2n) is 13.9. The number of methoxy groups -OCH3 is 1. The van der Waals surface area contributed by atoms with Gasteiger partial charge in [-0.15, -0.1) is 0 Å². The topological polar surface area (TPSA) is 303 Å². The molecule has 2 N–H and O–H groups in total. The highest BCUT2D eigenvalue weighted by atomic mass is 32.2. The highest BCUT2D eigenvalue weighted by Gasteiger charge is 2.16. The predicted octanol–water partition coefficient (Wildman–Crippen LogP) is 6.72. The van der Waals surface area contributed by atoms with E-state index in [-0.39, 0.29) is 48.3 Å². The van der Waals surface area contributed by atoms with Crippen molar-refractivity contribution in [2.45, 2.75) is 43.8 Å². The molecular formula is C41H50N8O14S4. The predicted molar refractivity (Wildman–Crippen MR) is 247 cm³/mol. The smallest absolute Gasteiger partial charge is 0.296 e. The van der Waals surface area contributed by atoms with Crippen molar-refractivity contribution in [3.8, 4) is 11.5 Å². The molecule has 0 atom stereocenters. The fourth-order valence-electron chi connectivity index (χ4n) is 5.53. The molecule has 1 heterocycles. The van der Waals surface area contributed by atoms with Crippen LogP contribution in [0.1, 0.15) is 41.7 Å². The highest BCUT2D eigenvalue weighted by Crippen LogP contribution is 2.30. The summed E-state index contributed by atoms with van der Waals surface area (Å²) in [6, 6.07) is 22.7. The Kier molecular flexibility index (Phi) is 19.9. The van der Waals surface area contributed by atoms with Gasteiger partial charge in [-0.2, -0.15) is 64.1 Å². The normalized spacial score (nSPS) is 12.2. The third kappa shape index (κ3) is 18.4. The molecule has 26 heteroatoms. The van der Waals surface area contributed by atoms with E-state index in [1.54, 1.807) is 61.7 Å². The van der Waals surface area contributed by atoms with Crippen LogP contribution in [0.2, 0.25) is 0 Å². The summed E-state index contributed by atoms with van der Waals surface area (Å²) < 4.78 is 126. The number of rotatable bonds is 23. The lowest BCUT2D eigenvalue weighted by molar-refractivity contribution is 0.311. The van der Waals surface area contributed by atoms with Crippen molar-refractivity contribution in [2.24, 2.45) is 20.5 Å². The van der Waals surface area contributed by atoms with Gasteiger partial charge < -0.3 is 14.8 Å². The average Bonchev–Trinajstić information content (AvgIpc) is 3.29. The summed E-state index contributed by atoms with van der Waals surface area (Å²) in [5.74, 6) is 1.01. The molecule has 0 aliphatic rings. The van der Waals surface area contributed by atoms with E-state index in [0.29, 0.717) is 63.4 Å². The number of hydrogen-bond acceptors (Lipinski definition) is 21. The zero-order chi connectivity index (χ0) is 49.3. The van der Waals surface area contributed by atoms with Crippen molar-refractivity contribution in [1.82, 2.24) is 15.0 Å². The molecule has 0 spiro atoms. The van der Waals surface area contributed by atoms with Crippen LogP contribution in [0.25, 0.3) is 0 Å². The van der Waals surface area contributed by atoms with E-state index in [1.165, 1.54) is 24.3 Å². The molecule has 1 aromatic heterocycles. The molecule has 0 aliphatic heterocycles. The van der Waals surface area contributed by atoms with Crippen LogP contribution in [0.15, 0.2) is 110 Å². The quantitative estimate of drug-likeness (QED) is 0.0297. The number of hydrogen-bond donors (Lipinski definition) is 2. The standard InChI is InChI=1S/C26H34N6O10S3.C15H16N2O4S/c1-4-24-28-25(30-26(29-24)27-11-14-45(38,39)41-3)16-20-9-10-22(17-23(20)42-12-6-13-44(36,37)40-2)32-31-21-8-5-7-19(15-21)18-43(33,34)35;1-11-7-8-13(10-15(11)20-2)17-16-12-5-4-6-14(9-12)22(18,19)21-3/h5,7-10,15,17H,4,6,11-14,16,18H2,1-3H3,(H,33,34,35)(H,27,28,29,30);4-10H,1-3H3. The molecule has 0 aliphatic carbocycles. The van der Waals surface area contributed by atoms with Crippen LogP contribution in [0.5, 0.6) is 11.5 Å². The monoisotopic (exact) mass is 1010 g/mol. The number of azo groups is 2. The summed E-state index contributed by atoms with van der Waals surface area (Å²) in [7, 11) is -10.4. The Labute approximate surface area is 390 Å². The van der Waals surface area contributed by atoms with Gasteiger partial charge in [0.2, 0.25) is 5.95 Å². The van der Waals surface area contributed by atoms with Crippen molar-refractivity contribution in [3.63, 3.8) is 0 Å². The fourth-order valence-corrected chi connectivity index (χ4v) is 7.99. The molecule has 0 saturated carbocycles. The van der Waals surface area contributed by atoms with Crippen LogP contribution < -0.4 is 14.8 Å². The Morgan fingerprint density at radius 2 is 1.22 bits per heavy atom. The molecule has 0 saturated heterocycles. The van der Waals surface area contributed by atoms with Crippen LogP contribution >= 0.6 is 0 Å². The highest BCUT2D eigenvalue weighted by molar-refractivity contribution is 7.87. The van der Waals surface area contributed by atoms with E-state index in [9.17, 15) is 33.7 Å². The maximum absolute atomic E-state index is 11.7. The summed E-state index contributed by atoms with van der Waals surface area (Å²) >= 11 is 0. The van der Waals surface area contributed by atoms with Gasteiger partial charge in [0.05, 0.1) is 74.2 Å².